The molecule has 3 unspecified atom stereocenters. The van der Waals surface area contributed by atoms with Crippen LogP contribution in [0.5, 0.6) is 5.75 Å². The summed E-state index contributed by atoms with van der Waals surface area (Å²) in [7, 11) is 0. The molecule has 1 aliphatic carbocycles. The number of fused-ring (bicyclic) bond motifs is 3. The second kappa shape index (κ2) is 10.9. The van der Waals surface area contributed by atoms with Gasteiger partial charge in [-0.05, 0) is 92.5 Å². The van der Waals surface area contributed by atoms with Crippen molar-refractivity contribution in [2.45, 2.75) is 75.2 Å². The van der Waals surface area contributed by atoms with Crippen LogP contribution in [0.3, 0.4) is 0 Å². The number of benzene rings is 3. The Morgan fingerprint density at radius 3 is 2.36 bits per heavy atom. The Labute approximate surface area is 246 Å². The zero-order chi connectivity index (χ0) is 28.0. The summed E-state index contributed by atoms with van der Waals surface area (Å²) in [5, 5.41) is 12.1. The number of nitrogens with zero attached hydrogens (tertiary/aromatic N) is 2. The van der Waals surface area contributed by atoms with Crippen molar-refractivity contribution in [3.63, 3.8) is 0 Å². The molecule has 4 fully saturated rings. The molecule has 2 N–H and O–H groups in total. The number of H-pyrrole nitrogens is 1. The molecule has 8 rings (SSSR count). The maximum atomic E-state index is 13.5. The van der Waals surface area contributed by atoms with Gasteiger partial charge in [0.25, 0.3) is 5.91 Å². The molecule has 216 valence electrons. The summed E-state index contributed by atoms with van der Waals surface area (Å²) in [4.78, 5) is 16.2. The summed E-state index contributed by atoms with van der Waals surface area (Å²) in [6, 6.07) is 26.3. The van der Waals surface area contributed by atoms with Crippen molar-refractivity contribution in [3.05, 3.63) is 83.9 Å². The number of aromatic amines is 1. The van der Waals surface area contributed by atoms with Crippen LogP contribution < -0.4 is 10.1 Å². The van der Waals surface area contributed by atoms with Gasteiger partial charge in [-0.25, -0.2) is 0 Å². The van der Waals surface area contributed by atoms with Crippen molar-refractivity contribution in [1.29, 1.82) is 0 Å². The monoisotopic (exact) mass is 562 g/mol. The number of ether oxygens (including phenoxy) is 2. The Morgan fingerprint density at radius 1 is 0.929 bits per heavy atom. The quantitative estimate of drug-likeness (QED) is 0.265. The molecule has 4 aromatic rings. The molecule has 1 amide bonds. The van der Waals surface area contributed by atoms with E-state index in [2.05, 4.69) is 56.8 Å². The number of aromatic nitrogens is 2. The average molecular weight is 563 g/mol. The Morgan fingerprint density at radius 2 is 1.69 bits per heavy atom. The minimum Gasteiger partial charge on any atom is -0.490 e. The Kier molecular flexibility index (Phi) is 6.72. The van der Waals surface area contributed by atoms with Gasteiger partial charge in [0, 0.05) is 28.6 Å². The zero-order valence-corrected chi connectivity index (χ0v) is 23.9. The molecule has 4 aliphatic rings. The van der Waals surface area contributed by atoms with Crippen molar-refractivity contribution in [2.24, 2.45) is 5.92 Å². The highest BCUT2D eigenvalue weighted by atomic mass is 16.5. The highest BCUT2D eigenvalue weighted by Gasteiger charge is 2.46. The van der Waals surface area contributed by atoms with Crippen LogP contribution in [-0.2, 0) is 4.74 Å². The lowest BCUT2D eigenvalue weighted by Crippen LogP contribution is -2.57. The minimum absolute atomic E-state index is 0.0363. The van der Waals surface area contributed by atoms with Gasteiger partial charge in [0.1, 0.15) is 11.9 Å². The molecule has 7 nitrogen and oxygen atoms in total. The van der Waals surface area contributed by atoms with Crippen molar-refractivity contribution in [1.82, 2.24) is 20.4 Å². The summed E-state index contributed by atoms with van der Waals surface area (Å²) in [5.74, 6) is 1.36. The minimum atomic E-state index is -0.0431. The van der Waals surface area contributed by atoms with E-state index in [1.54, 1.807) is 0 Å². The van der Waals surface area contributed by atoms with E-state index in [1.165, 1.54) is 24.8 Å². The highest BCUT2D eigenvalue weighted by molar-refractivity contribution is 6.01. The number of carbonyl (C=O) groups excluding carboxylic acids is 1. The molecule has 1 aromatic heterocycles. The summed E-state index contributed by atoms with van der Waals surface area (Å²) in [5.41, 5.74) is 4.59. The van der Waals surface area contributed by atoms with E-state index in [0.717, 1.165) is 66.8 Å². The standard InChI is InChI=1S/C35H38N4O3/c40-35(36-33(23-7-4-8-23)22-5-2-1-3-6-22)25-11-16-32-31(17-25)34(38-37-32)24-9-14-29(15-10-24)42-30-18-26-12-13-27(19-30)39(26)28-20-41-21-28/h1-3,5-6,9-11,14-17,23,26-28,30,33H,4,7-8,12-13,18-21H2,(H,36,40)(H,37,38). The van der Waals surface area contributed by atoms with Crippen LogP contribution in [0, 0.1) is 5.92 Å². The van der Waals surface area contributed by atoms with Gasteiger partial charge in [-0.2, -0.15) is 5.10 Å². The van der Waals surface area contributed by atoms with Gasteiger partial charge in [0.2, 0.25) is 0 Å². The number of hydrogen-bond acceptors (Lipinski definition) is 5. The van der Waals surface area contributed by atoms with Gasteiger partial charge < -0.3 is 14.8 Å². The molecule has 7 heteroatoms. The van der Waals surface area contributed by atoms with Gasteiger partial charge in [0.15, 0.2) is 0 Å². The predicted molar refractivity (Wildman–Crippen MR) is 162 cm³/mol. The third-order valence-corrected chi connectivity index (χ3v) is 10.1. The molecule has 4 heterocycles. The van der Waals surface area contributed by atoms with Crippen LogP contribution in [-0.4, -0.2) is 58.4 Å². The smallest absolute Gasteiger partial charge is 0.251 e. The first-order valence-electron chi connectivity index (χ1n) is 15.7. The van der Waals surface area contributed by atoms with Gasteiger partial charge in [0.05, 0.1) is 36.5 Å². The summed E-state index contributed by atoms with van der Waals surface area (Å²) >= 11 is 0. The Bertz CT molecular complexity index is 1550. The lowest BCUT2D eigenvalue weighted by molar-refractivity contribution is -0.102. The summed E-state index contributed by atoms with van der Waals surface area (Å²) in [6.45, 7) is 1.78. The number of piperidine rings is 1. The van der Waals surface area contributed by atoms with Crippen molar-refractivity contribution in [2.75, 3.05) is 13.2 Å². The fourth-order valence-electron chi connectivity index (χ4n) is 7.64. The van der Waals surface area contributed by atoms with Crippen LogP contribution in [0.4, 0.5) is 0 Å². The molecular formula is C35H38N4O3. The van der Waals surface area contributed by atoms with E-state index in [0.29, 0.717) is 29.6 Å². The normalized spacial score (nSPS) is 25.1. The first-order chi connectivity index (χ1) is 20.7. The lowest BCUT2D eigenvalue weighted by atomic mass is 9.77. The second-order valence-corrected chi connectivity index (χ2v) is 12.6. The molecule has 3 saturated heterocycles. The predicted octanol–water partition coefficient (Wildman–Crippen LogP) is 6.27. The highest BCUT2D eigenvalue weighted by Crippen LogP contribution is 2.41. The molecule has 3 aliphatic heterocycles. The molecule has 0 radical (unpaired) electrons. The van der Waals surface area contributed by atoms with Crippen molar-refractivity contribution >= 4 is 16.8 Å². The summed E-state index contributed by atoms with van der Waals surface area (Å²) in [6.07, 6.45) is 8.54. The van der Waals surface area contributed by atoms with Crippen LogP contribution in [0.2, 0.25) is 0 Å². The van der Waals surface area contributed by atoms with Crippen LogP contribution in [0.15, 0.2) is 72.8 Å². The SMILES string of the molecule is O=C(NC(c1ccccc1)C1CCC1)c1ccc2[nH]nc(-c3ccc(OC4CC5CCC(C4)N5C4COC4)cc3)c2c1. The largest absolute Gasteiger partial charge is 0.490 e. The van der Waals surface area contributed by atoms with Crippen LogP contribution >= 0.6 is 0 Å². The molecule has 1 saturated carbocycles. The Hall–Kier alpha value is -3.68. The third-order valence-electron chi connectivity index (χ3n) is 10.1. The van der Waals surface area contributed by atoms with E-state index in [4.69, 9.17) is 9.47 Å². The molecule has 3 aromatic carbocycles. The van der Waals surface area contributed by atoms with E-state index >= 15 is 0 Å². The number of amides is 1. The first kappa shape index (κ1) is 26.0. The second-order valence-electron chi connectivity index (χ2n) is 12.6. The van der Waals surface area contributed by atoms with Crippen molar-refractivity contribution < 1.29 is 14.3 Å². The fraction of sp³-hybridized carbons (Fsp3) is 0.429. The van der Waals surface area contributed by atoms with Crippen molar-refractivity contribution in [3.8, 4) is 17.0 Å². The molecule has 42 heavy (non-hydrogen) atoms. The average Bonchev–Trinajstić information content (AvgIpc) is 3.49. The van der Waals surface area contributed by atoms with Gasteiger partial charge in [-0.3, -0.25) is 14.8 Å². The molecule has 3 atom stereocenters. The molecular weight excluding hydrogens is 524 g/mol. The van der Waals surface area contributed by atoms with Crippen LogP contribution in [0.25, 0.3) is 22.2 Å². The maximum absolute atomic E-state index is 13.5. The fourth-order valence-corrected chi connectivity index (χ4v) is 7.64. The van der Waals surface area contributed by atoms with E-state index in [-0.39, 0.29) is 18.1 Å². The van der Waals surface area contributed by atoms with Crippen LogP contribution in [0.1, 0.15) is 66.9 Å². The Balaban J connectivity index is 0.971. The van der Waals surface area contributed by atoms with Gasteiger partial charge >= 0.3 is 0 Å². The topological polar surface area (TPSA) is 79.5 Å². The van der Waals surface area contributed by atoms with E-state index < -0.39 is 0 Å². The van der Waals surface area contributed by atoms with Gasteiger partial charge in [-0.1, -0.05) is 36.8 Å². The third kappa shape index (κ3) is 4.78. The number of rotatable bonds is 8. The molecule has 0 spiro atoms. The number of nitrogens with one attached hydrogen (secondary N) is 2. The van der Waals surface area contributed by atoms with E-state index in [9.17, 15) is 4.79 Å². The molecule has 2 bridgehead atoms. The maximum Gasteiger partial charge on any atom is 0.251 e. The number of hydrogen-bond donors (Lipinski definition) is 2. The number of carbonyl (C=O) groups is 1. The first-order valence-corrected chi connectivity index (χ1v) is 15.7. The summed E-state index contributed by atoms with van der Waals surface area (Å²) < 4.78 is 12.0. The zero-order valence-electron chi connectivity index (χ0n) is 23.9. The van der Waals surface area contributed by atoms with E-state index in [1.807, 2.05) is 36.4 Å². The lowest BCUT2D eigenvalue weighted by Gasteiger charge is -2.46. The van der Waals surface area contributed by atoms with Gasteiger partial charge in [-0.15, -0.1) is 0 Å².